The second-order valence-corrected chi connectivity index (χ2v) is 4.33. The van der Waals surface area contributed by atoms with Gasteiger partial charge in [0.25, 0.3) is 0 Å². The summed E-state index contributed by atoms with van der Waals surface area (Å²) < 4.78 is 1.78. The van der Waals surface area contributed by atoms with E-state index in [0.717, 1.165) is 11.1 Å². The highest BCUT2D eigenvalue weighted by molar-refractivity contribution is 5.73. The molecule has 2 aromatic rings. The van der Waals surface area contributed by atoms with Gasteiger partial charge in [0, 0.05) is 31.4 Å². The lowest BCUT2D eigenvalue weighted by Crippen LogP contribution is -2.21. The molecule has 2 unspecified atom stereocenters. The fourth-order valence-corrected chi connectivity index (χ4v) is 2.55. The first kappa shape index (κ1) is 10.3. The maximum Gasteiger partial charge on any atom is 0.308 e. The third-order valence-electron chi connectivity index (χ3n) is 3.40. The molecule has 5 heteroatoms. The number of hydrogen-bond donors (Lipinski definition) is 2. The van der Waals surface area contributed by atoms with E-state index in [1.54, 1.807) is 10.7 Å². The van der Waals surface area contributed by atoms with Crippen molar-refractivity contribution >= 4 is 11.5 Å². The van der Waals surface area contributed by atoms with Gasteiger partial charge < -0.3 is 10.4 Å². The van der Waals surface area contributed by atoms with Crippen molar-refractivity contribution in [2.45, 2.75) is 5.92 Å². The molecule has 2 atom stereocenters. The largest absolute Gasteiger partial charge is 0.481 e. The second kappa shape index (κ2) is 3.85. The van der Waals surface area contributed by atoms with E-state index in [-0.39, 0.29) is 11.8 Å². The molecule has 0 spiro atoms. The minimum atomic E-state index is -0.735. The molecular formula is C12H13N3O2. The van der Waals surface area contributed by atoms with Crippen molar-refractivity contribution in [3.8, 4) is 0 Å². The highest BCUT2D eigenvalue weighted by Crippen LogP contribution is 2.30. The molecule has 2 N–H and O–H groups in total. The van der Waals surface area contributed by atoms with Crippen molar-refractivity contribution in [1.82, 2.24) is 14.9 Å². The first-order valence-electron chi connectivity index (χ1n) is 5.63. The van der Waals surface area contributed by atoms with Crippen LogP contribution in [-0.2, 0) is 4.79 Å². The molecule has 17 heavy (non-hydrogen) atoms. The zero-order chi connectivity index (χ0) is 11.8. The van der Waals surface area contributed by atoms with Crippen molar-refractivity contribution < 1.29 is 9.90 Å². The number of aliphatic carboxylic acids is 1. The van der Waals surface area contributed by atoms with Gasteiger partial charge >= 0.3 is 5.97 Å². The van der Waals surface area contributed by atoms with Crippen molar-refractivity contribution in [2.75, 3.05) is 13.1 Å². The average Bonchev–Trinajstić information content (AvgIpc) is 2.97. The minimum absolute atomic E-state index is 0.0212. The lowest BCUT2D eigenvalue weighted by Gasteiger charge is -2.15. The summed E-state index contributed by atoms with van der Waals surface area (Å²) in [4.78, 5) is 11.2. The molecule has 0 aromatic carbocycles. The van der Waals surface area contributed by atoms with E-state index in [2.05, 4.69) is 10.4 Å². The van der Waals surface area contributed by atoms with E-state index in [0.29, 0.717) is 13.1 Å². The zero-order valence-electron chi connectivity index (χ0n) is 9.21. The molecule has 0 radical (unpaired) electrons. The summed E-state index contributed by atoms with van der Waals surface area (Å²) in [5.74, 6) is -1.06. The van der Waals surface area contributed by atoms with Gasteiger partial charge in [-0.1, -0.05) is 6.07 Å². The van der Waals surface area contributed by atoms with Gasteiger partial charge in [0.2, 0.25) is 0 Å². The van der Waals surface area contributed by atoms with Crippen molar-refractivity contribution in [2.24, 2.45) is 5.92 Å². The van der Waals surface area contributed by atoms with Crippen LogP contribution in [0.4, 0.5) is 0 Å². The van der Waals surface area contributed by atoms with Crippen LogP contribution in [0.3, 0.4) is 0 Å². The van der Waals surface area contributed by atoms with Crippen molar-refractivity contribution in [3.05, 3.63) is 36.2 Å². The molecule has 2 aromatic heterocycles. The Hall–Kier alpha value is -1.88. The van der Waals surface area contributed by atoms with Gasteiger partial charge in [-0.2, -0.15) is 5.10 Å². The number of carbonyl (C=O) groups is 1. The molecule has 0 bridgehead atoms. The SMILES string of the molecule is O=C(O)C1CNCC1c1cccn2nccc12. The van der Waals surface area contributed by atoms with Crippen LogP contribution in [0.15, 0.2) is 30.6 Å². The van der Waals surface area contributed by atoms with Gasteiger partial charge in [-0.15, -0.1) is 0 Å². The molecular weight excluding hydrogens is 218 g/mol. The first-order chi connectivity index (χ1) is 8.27. The van der Waals surface area contributed by atoms with Crippen LogP contribution < -0.4 is 5.32 Å². The first-order valence-corrected chi connectivity index (χ1v) is 5.63. The van der Waals surface area contributed by atoms with Gasteiger partial charge in [0.1, 0.15) is 0 Å². The van der Waals surface area contributed by atoms with Crippen LogP contribution in [0.2, 0.25) is 0 Å². The van der Waals surface area contributed by atoms with Crippen LogP contribution in [-0.4, -0.2) is 33.8 Å². The molecule has 0 saturated carbocycles. The van der Waals surface area contributed by atoms with E-state index < -0.39 is 5.97 Å². The number of hydrogen-bond acceptors (Lipinski definition) is 3. The summed E-state index contributed by atoms with van der Waals surface area (Å²) in [5.41, 5.74) is 2.05. The molecule has 0 amide bonds. The number of fused-ring (bicyclic) bond motifs is 1. The molecule has 88 valence electrons. The topological polar surface area (TPSA) is 66.6 Å². The summed E-state index contributed by atoms with van der Waals surface area (Å²) in [6, 6.07) is 5.82. The van der Waals surface area contributed by atoms with Gasteiger partial charge in [-0.3, -0.25) is 4.79 Å². The Labute approximate surface area is 98.1 Å². The summed E-state index contributed by atoms with van der Waals surface area (Å²) in [5, 5.41) is 16.5. The van der Waals surface area contributed by atoms with E-state index in [9.17, 15) is 9.90 Å². The summed E-state index contributed by atoms with van der Waals surface area (Å²) >= 11 is 0. The molecule has 1 saturated heterocycles. The summed E-state index contributed by atoms with van der Waals surface area (Å²) in [7, 11) is 0. The predicted molar refractivity (Wildman–Crippen MR) is 61.9 cm³/mol. The molecule has 5 nitrogen and oxygen atoms in total. The fraction of sp³-hybridized carbons (Fsp3) is 0.333. The van der Waals surface area contributed by atoms with Crippen LogP contribution in [0, 0.1) is 5.92 Å². The maximum atomic E-state index is 11.2. The Balaban J connectivity index is 2.08. The smallest absolute Gasteiger partial charge is 0.308 e. The van der Waals surface area contributed by atoms with E-state index in [1.807, 2.05) is 24.4 Å². The Bertz CT molecular complexity index is 564. The highest BCUT2D eigenvalue weighted by Gasteiger charge is 2.34. The lowest BCUT2D eigenvalue weighted by atomic mass is 9.89. The lowest BCUT2D eigenvalue weighted by molar-refractivity contribution is -0.141. The Morgan fingerprint density at radius 3 is 3.18 bits per heavy atom. The summed E-state index contributed by atoms with van der Waals surface area (Å²) in [6.07, 6.45) is 3.61. The quantitative estimate of drug-likeness (QED) is 0.799. The fourth-order valence-electron chi connectivity index (χ4n) is 2.55. The molecule has 0 aliphatic carbocycles. The third kappa shape index (κ3) is 1.59. The zero-order valence-corrected chi connectivity index (χ0v) is 9.21. The minimum Gasteiger partial charge on any atom is -0.481 e. The number of nitrogens with zero attached hydrogens (tertiary/aromatic N) is 2. The van der Waals surface area contributed by atoms with Crippen LogP contribution in [0.5, 0.6) is 0 Å². The monoisotopic (exact) mass is 231 g/mol. The third-order valence-corrected chi connectivity index (χ3v) is 3.40. The van der Waals surface area contributed by atoms with Crippen LogP contribution in [0.1, 0.15) is 11.5 Å². The van der Waals surface area contributed by atoms with Gasteiger partial charge in [-0.25, -0.2) is 4.52 Å². The van der Waals surface area contributed by atoms with Crippen molar-refractivity contribution in [3.63, 3.8) is 0 Å². The predicted octanol–water partition coefficient (Wildman–Crippen LogP) is 0.722. The molecule has 3 rings (SSSR count). The number of pyridine rings is 1. The molecule has 1 fully saturated rings. The van der Waals surface area contributed by atoms with E-state index in [1.165, 1.54) is 0 Å². The number of carboxylic acid groups (broad SMARTS) is 1. The molecule has 1 aliphatic heterocycles. The normalized spacial score (nSPS) is 24.2. The Morgan fingerprint density at radius 2 is 2.35 bits per heavy atom. The number of rotatable bonds is 2. The Morgan fingerprint density at radius 1 is 1.47 bits per heavy atom. The van der Waals surface area contributed by atoms with Crippen LogP contribution in [0.25, 0.3) is 5.52 Å². The molecule has 3 heterocycles. The molecule has 1 aliphatic rings. The van der Waals surface area contributed by atoms with Crippen molar-refractivity contribution in [1.29, 1.82) is 0 Å². The highest BCUT2D eigenvalue weighted by atomic mass is 16.4. The van der Waals surface area contributed by atoms with E-state index in [4.69, 9.17) is 0 Å². The van der Waals surface area contributed by atoms with Crippen LogP contribution >= 0.6 is 0 Å². The standard InChI is InChI=1S/C12H13N3O2/c16-12(17)10-7-13-6-9(10)8-2-1-5-15-11(8)3-4-14-15/h1-5,9-10,13H,6-7H2,(H,16,17). The second-order valence-electron chi connectivity index (χ2n) is 4.33. The van der Waals surface area contributed by atoms with Gasteiger partial charge in [-0.05, 0) is 17.7 Å². The number of nitrogens with one attached hydrogen (secondary N) is 1. The number of aromatic nitrogens is 2. The van der Waals surface area contributed by atoms with Gasteiger partial charge in [0.15, 0.2) is 0 Å². The average molecular weight is 231 g/mol. The Kier molecular flexibility index (Phi) is 2.33. The summed E-state index contributed by atoms with van der Waals surface area (Å²) in [6.45, 7) is 1.25. The van der Waals surface area contributed by atoms with E-state index >= 15 is 0 Å². The number of carboxylic acids is 1. The maximum absolute atomic E-state index is 11.2. The van der Waals surface area contributed by atoms with Gasteiger partial charge in [0.05, 0.1) is 11.4 Å².